The molecule has 0 fully saturated rings. The number of unbranched alkanes of at least 4 members (excludes halogenated alkanes) is 2. The third-order valence-corrected chi connectivity index (χ3v) is 3.05. The molecule has 0 aromatic heterocycles. The highest BCUT2D eigenvalue weighted by Gasteiger charge is 2.07. The molecule has 3 nitrogen and oxygen atoms in total. The Morgan fingerprint density at radius 2 is 2.12 bits per heavy atom. The SMILES string of the molecule is Cc1cc(Br)ccc1C(=O)NCCCCCO. The van der Waals surface area contributed by atoms with Gasteiger partial charge >= 0.3 is 0 Å². The lowest BCUT2D eigenvalue weighted by Gasteiger charge is -2.07. The average Bonchev–Trinajstić information content (AvgIpc) is 2.28. The zero-order valence-electron chi connectivity index (χ0n) is 10.0. The highest BCUT2D eigenvalue weighted by Crippen LogP contribution is 2.15. The van der Waals surface area contributed by atoms with E-state index in [0.29, 0.717) is 6.54 Å². The Hall–Kier alpha value is -0.870. The van der Waals surface area contributed by atoms with E-state index in [0.717, 1.165) is 34.9 Å². The quantitative estimate of drug-likeness (QED) is 0.794. The van der Waals surface area contributed by atoms with Gasteiger partial charge in [0.25, 0.3) is 5.91 Å². The van der Waals surface area contributed by atoms with Crippen LogP contribution in [-0.4, -0.2) is 24.2 Å². The molecule has 0 aliphatic heterocycles. The summed E-state index contributed by atoms with van der Waals surface area (Å²) < 4.78 is 0.981. The Labute approximate surface area is 110 Å². The molecule has 17 heavy (non-hydrogen) atoms. The van der Waals surface area contributed by atoms with Gasteiger partial charge in [0.2, 0.25) is 0 Å². The van der Waals surface area contributed by atoms with E-state index in [2.05, 4.69) is 21.2 Å². The van der Waals surface area contributed by atoms with Gasteiger partial charge in [-0.05, 0) is 49.9 Å². The molecule has 0 atom stereocenters. The Morgan fingerprint density at radius 1 is 1.35 bits per heavy atom. The van der Waals surface area contributed by atoms with Gasteiger partial charge in [-0.3, -0.25) is 4.79 Å². The van der Waals surface area contributed by atoms with Crippen molar-refractivity contribution in [3.05, 3.63) is 33.8 Å². The van der Waals surface area contributed by atoms with Crippen LogP contribution >= 0.6 is 15.9 Å². The van der Waals surface area contributed by atoms with Gasteiger partial charge in [0.05, 0.1) is 0 Å². The van der Waals surface area contributed by atoms with E-state index in [-0.39, 0.29) is 12.5 Å². The fraction of sp³-hybridized carbons (Fsp3) is 0.462. The van der Waals surface area contributed by atoms with Crippen molar-refractivity contribution in [3.8, 4) is 0 Å². The minimum atomic E-state index is -0.0287. The van der Waals surface area contributed by atoms with E-state index in [1.54, 1.807) is 0 Å². The van der Waals surface area contributed by atoms with Crippen molar-refractivity contribution >= 4 is 21.8 Å². The first kappa shape index (κ1) is 14.2. The number of carbonyl (C=O) groups excluding carboxylic acids is 1. The van der Waals surface area contributed by atoms with E-state index in [4.69, 9.17) is 5.11 Å². The van der Waals surface area contributed by atoms with Crippen molar-refractivity contribution in [1.29, 1.82) is 0 Å². The molecule has 1 rings (SSSR count). The van der Waals surface area contributed by atoms with E-state index in [1.165, 1.54) is 0 Å². The third-order valence-electron chi connectivity index (χ3n) is 2.55. The third kappa shape index (κ3) is 4.88. The minimum absolute atomic E-state index is 0.0287. The van der Waals surface area contributed by atoms with Crippen molar-refractivity contribution in [2.24, 2.45) is 0 Å². The van der Waals surface area contributed by atoms with Gasteiger partial charge in [-0.2, -0.15) is 0 Å². The average molecular weight is 300 g/mol. The number of aliphatic hydroxyl groups is 1. The Morgan fingerprint density at radius 3 is 2.76 bits per heavy atom. The zero-order chi connectivity index (χ0) is 12.7. The summed E-state index contributed by atoms with van der Waals surface area (Å²) in [6.07, 6.45) is 2.64. The van der Waals surface area contributed by atoms with Crippen molar-refractivity contribution < 1.29 is 9.90 Å². The summed E-state index contributed by atoms with van der Waals surface area (Å²) >= 11 is 3.37. The van der Waals surface area contributed by atoms with E-state index >= 15 is 0 Å². The molecule has 0 aliphatic rings. The van der Waals surface area contributed by atoms with Crippen molar-refractivity contribution in [3.63, 3.8) is 0 Å². The van der Waals surface area contributed by atoms with Crippen LogP contribution in [0.15, 0.2) is 22.7 Å². The second kappa shape index (κ2) is 7.45. The van der Waals surface area contributed by atoms with Gasteiger partial charge in [0, 0.05) is 23.2 Å². The van der Waals surface area contributed by atoms with Gasteiger partial charge in [-0.25, -0.2) is 0 Å². The standard InChI is InChI=1S/C13H18BrNO2/c1-10-9-11(14)5-6-12(10)13(17)15-7-3-2-4-8-16/h5-6,9,16H,2-4,7-8H2,1H3,(H,15,17). The molecule has 0 radical (unpaired) electrons. The van der Waals surface area contributed by atoms with Crippen LogP contribution in [0.2, 0.25) is 0 Å². The first-order valence-corrected chi connectivity index (χ1v) is 6.59. The number of rotatable bonds is 6. The molecule has 4 heteroatoms. The fourth-order valence-corrected chi connectivity index (χ4v) is 2.07. The molecule has 2 N–H and O–H groups in total. The van der Waals surface area contributed by atoms with Gasteiger partial charge in [-0.15, -0.1) is 0 Å². The molecule has 0 aliphatic carbocycles. The summed E-state index contributed by atoms with van der Waals surface area (Å²) in [4.78, 5) is 11.8. The molecule has 1 aromatic carbocycles. The second-order valence-electron chi connectivity index (χ2n) is 4.00. The predicted octanol–water partition coefficient (Wildman–Crippen LogP) is 2.65. The number of aliphatic hydroxyl groups excluding tert-OH is 1. The molecular formula is C13H18BrNO2. The minimum Gasteiger partial charge on any atom is -0.396 e. The zero-order valence-corrected chi connectivity index (χ0v) is 11.6. The summed E-state index contributed by atoms with van der Waals surface area (Å²) in [6, 6.07) is 5.62. The maximum Gasteiger partial charge on any atom is 0.251 e. The van der Waals surface area contributed by atoms with Crippen LogP contribution in [-0.2, 0) is 0 Å². The summed E-state index contributed by atoms with van der Waals surface area (Å²) in [5, 5.41) is 11.5. The topological polar surface area (TPSA) is 49.3 Å². The van der Waals surface area contributed by atoms with Crippen LogP contribution in [0, 0.1) is 6.92 Å². The number of nitrogens with one attached hydrogen (secondary N) is 1. The first-order valence-electron chi connectivity index (χ1n) is 5.80. The smallest absolute Gasteiger partial charge is 0.251 e. The summed E-state index contributed by atoms with van der Waals surface area (Å²) in [5.41, 5.74) is 1.68. The number of hydrogen-bond acceptors (Lipinski definition) is 2. The lowest BCUT2D eigenvalue weighted by atomic mass is 10.1. The number of halogens is 1. The van der Waals surface area contributed by atoms with Crippen LogP contribution in [0.25, 0.3) is 0 Å². The Bertz CT molecular complexity index is 380. The number of benzene rings is 1. The molecule has 1 amide bonds. The molecule has 0 unspecified atom stereocenters. The Kier molecular flexibility index (Phi) is 6.22. The van der Waals surface area contributed by atoms with Crippen molar-refractivity contribution in [1.82, 2.24) is 5.32 Å². The molecule has 0 saturated carbocycles. The van der Waals surface area contributed by atoms with Crippen LogP contribution < -0.4 is 5.32 Å². The first-order chi connectivity index (χ1) is 8.15. The predicted molar refractivity (Wildman–Crippen MR) is 72.1 cm³/mol. The van der Waals surface area contributed by atoms with Crippen LogP contribution in [0.3, 0.4) is 0 Å². The van der Waals surface area contributed by atoms with E-state index < -0.39 is 0 Å². The number of hydrogen-bond donors (Lipinski definition) is 2. The lowest BCUT2D eigenvalue weighted by Crippen LogP contribution is -2.25. The number of aryl methyl sites for hydroxylation is 1. The largest absolute Gasteiger partial charge is 0.396 e. The second-order valence-corrected chi connectivity index (χ2v) is 4.92. The van der Waals surface area contributed by atoms with Crippen LogP contribution in [0.5, 0.6) is 0 Å². The van der Waals surface area contributed by atoms with Crippen molar-refractivity contribution in [2.75, 3.05) is 13.2 Å². The van der Waals surface area contributed by atoms with Gasteiger partial charge in [0.1, 0.15) is 0 Å². The highest BCUT2D eigenvalue weighted by molar-refractivity contribution is 9.10. The normalized spacial score (nSPS) is 10.3. The van der Waals surface area contributed by atoms with Gasteiger partial charge in [0.15, 0.2) is 0 Å². The molecule has 0 saturated heterocycles. The van der Waals surface area contributed by atoms with E-state index in [1.807, 2.05) is 25.1 Å². The fourth-order valence-electron chi connectivity index (χ4n) is 1.59. The van der Waals surface area contributed by atoms with Gasteiger partial charge < -0.3 is 10.4 Å². The summed E-state index contributed by atoms with van der Waals surface area (Å²) in [7, 11) is 0. The van der Waals surface area contributed by atoms with E-state index in [9.17, 15) is 4.79 Å². The highest BCUT2D eigenvalue weighted by atomic mass is 79.9. The molecule has 1 aromatic rings. The summed E-state index contributed by atoms with van der Waals surface area (Å²) in [5.74, 6) is -0.0287. The monoisotopic (exact) mass is 299 g/mol. The molecule has 94 valence electrons. The maximum atomic E-state index is 11.8. The molecule has 0 spiro atoms. The van der Waals surface area contributed by atoms with Gasteiger partial charge in [-0.1, -0.05) is 15.9 Å². The summed E-state index contributed by atoms with van der Waals surface area (Å²) in [6.45, 7) is 2.81. The van der Waals surface area contributed by atoms with Crippen LogP contribution in [0.4, 0.5) is 0 Å². The van der Waals surface area contributed by atoms with Crippen molar-refractivity contribution in [2.45, 2.75) is 26.2 Å². The molecule has 0 bridgehead atoms. The molecular weight excluding hydrogens is 282 g/mol. The van der Waals surface area contributed by atoms with Crippen LogP contribution in [0.1, 0.15) is 35.2 Å². The lowest BCUT2D eigenvalue weighted by molar-refractivity contribution is 0.0952. The number of amides is 1. The molecule has 0 heterocycles. The maximum absolute atomic E-state index is 11.8. The Balaban J connectivity index is 2.42. The number of carbonyl (C=O) groups is 1.